The Morgan fingerprint density at radius 1 is 0.889 bits per heavy atom. The van der Waals surface area contributed by atoms with Crippen LogP contribution < -0.4 is 27.4 Å². The SMILES string of the molecule is CC(C)CC(N)C(=O)NC(Cc1ccccc1)C(=O)NC(C(=O)NC(CCC(N)=O)C(=O)O)C(C)O. The number of nitrogens with one attached hydrogen (secondary N) is 3. The Bertz CT molecular complexity index is 907. The standard InChI is InChI=1S/C24H37N5O7/c1-13(2)11-16(25)21(32)28-18(12-15-7-5-4-6-8-15)22(33)29-20(14(3)30)23(34)27-17(24(35)36)9-10-19(26)31/h4-8,13-14,16-18,20,30H,9-12,25H2,1-3H3,(H2,26,31)(H,27,34)(H,28,32)(H,29,33)(H,35,36). The zero-order chi connectivity index (χ0) is 27.4. The fraction of sp³-hybridized carbons (Fsp3) is 0.542. The number of carboxylic acids is 1. The minimum atomic E-state index is -1.53. The maximum absolute atomic E-state index is 13.1. The summed E-state index contributed by atoms with van der Waals surface area (Å²) in [5.41, 5.74) is 11.7. The molecule has 0 aromatic heterocycles. The predicted molar refractivity (Wildman–Crippen MR) is 131 cm³/mol. The lowest BCUT2D eigenvalue weighted by Gasteiger charge is -2.26. The van der Waals surface area contributed by atoms with Crippen molar-refractivity contribution in [3.63, 3.8) is 0 Å². The van der Waals surface area contributed by atoms with E-state index in [1.807, 2.05) is 13.8 Å². The minimum Gasteiger partial charge on any atom is -0.480 e. The van der Waals surface area contributed by atoms with Crippen LogP contribution in [-0.2, 0) is 30.4 Å². The Morgan fingerprint density at radius 2 is 1.47 bits per heavy atom. The lowest BCUT2D eigenvalue weighted by molar-refractivity contribution is -0.143. The normalized spacial score (nSPS) is 15.2. The van der Waals surface area contributed by atoms with Gasteiger partial charge < -0.3 is 37.6 Å². The van der Waals surface area contributed by atoms with E-state index in [4.69, 9.17) is 11.5 Å². The largest absolute Gasteiger partial charge is 0.480 e. The molecule has 9 N–H and O–H groups in total. The number of hydrogen-bond donors (Lipinski definition) is 7. The molecule has 1 aromatic carbocycles. The summed E-state index contributed by atoms with van der Waals surface area (Å²) >= 11 is 0. The molecule has 5 atom stereocenters. The van der Waals surface area contributed by atoms with Gasteiger partial charge in [0.1, 0.15) is 18.1 Å². The molecule has 1 aromatic rings. The summed E-state index contributed by atoms with van der Waals surface area (Å²) in [6.45, 7) is 5.05. The molecule has 5 unspecified atom stereocenters. The third-order valence-corrected chi connectivity index (χ3v) is 5.33. The maximum Gasteiger partial charge on any atom is 0.326 e. The lowest BCUT2D eigenvalue weighted by Crippen LogP contribution is -2.60. The van der Waals surface area contributed by atoms with E-state index in [0.29, 0.717) is 6.42 Å². The molecule has 0 spiro atoms. The number of rotatable bonds is 15. The molecule has 0 aliphatic rings. The van der Waals surface area contributed by atoms with Gasteiger partial charge in [-0.3, -0.25) is 19.2 Å². The van der Waals surface area contributed by atoms with Gasteiger partial charge in [0.15, 0.2) is 0 Å². The molecule has 4 amide bonds. The summed E-state index contributed by atoms with van der Waals surface area (Å²) in [4.78, 5) is 61.0. The van der Waals surface area contributed by atoms with Crippen molar-refractivity contribution in [2.24, 2.45) is 17.4 Å². The highest BCUT2D eigenvalue weighted by atomic mass is 16.4. The molecule has 200 valence electrons. The smallest absolute Gasteiger partial charge is 0.326 e. The second-order valence-corrected chi connectivity index (χ2v) is 9.12. The number of hydrogen-bond acceptors (Lipinski definition) is 7. The van der Waals surface area contributed by atoms with Gasteiger partial charge >= 0.3 is 5.97 Å². The summed E-state index contributed by atoms with van der Waals surface area (Å²) < 4.78 is 0. The van der Waals surface area contributed by atoms with Crippen molar-refractivity contribution >= 4 is 29.6 Å². The average Bonchev–Trinajstić information content (AvgIpc) is 2.78. The Hall–Kier alpha value is -3.51. The van der Waals surface area contributed by atoms with Gasteiger partial charge in [0, 0.05) is 12.8 Å². The van der Waals surface area contributed by atoms with E-state index in [1.54, 1.807) is 30.3 Å². The molecule has 0 bridgehead atoms. The number of aliphatic carboxylic acids is 1. The molecule has 0 heterocycles. The third kappa shape index (κ3) is 10.8. The van der Waals surface area contributed by atoms with E-state index in [0.717, 1.165) is 5.56 Å². The van der Waals surface area contributed by atoms with Crippen LogP contribution in [0.2, 0.25) is 0 Å². The first-order valence-corrected chi connectivity index (χ1v) is 11.7. The second kappa shape index (κ2) is 14.8. The van der Waals surface area contributed by atoms with Crippen molar-refractivity contribution in [1.29, 1.82) is 0 Å². The summed E-state index contributed by atoms with van der Waals surface area (Å²) in [7, 11) is 0. The Balaban J connectivity index is 3.05. The van der Waals surface area contributed by atoms with Crippen molar-refractivity contribution in [2.75, 3.05) is 0 Å². The van der Waals surface area contributed by atoms with E-state index in [9.17, 15) is 34.2 Å². The number of amides is 4. The Morgan fingerprint density at radius 3 is 1.97 bits per heavy atom. The van der Waals surface area contributed by atoms with Gasteiger partial charge in [0.2, 0.25) is 23.6 Å². The molecule has 1 rings (SSSR count). The first-order chi connectivity index (χ1) is 16.8. The summed E-state index contributed by atoms with van der Waals surface area (Å²) in [6.07, 6.45) is -1.48. The van der Waals surface area contributed by atoms with E-state index < -0.39 is 59.9 Å². The van der Waals surface area contributed by atoms with Gasteiger partial charge in [0.05, 0.1) is 12.1 Å². The van der Waals surface area contributed by atoms with Gasteiger partial charge in [-0.05, 0) is 31.2 Å². The lowest BCUT2D eigenvalue weighted by atomic mass is 10.0. The van der Waals surface area contributed by atoms with Crippen LogP contribution in [0.25, 0.3) is 0 Å². The minimum absolute atomic E-state index is 0.0807. The highest BCUT2D eigenvalue weighted by Gasteiger charge is 2.33. The van der Waals surface area contributed by atoms with E-state index in [-0.39, 0.29) is 25.2 Å². The van der Waals surface area contributed by atoms with Crippen LogP contribution in [0.4, 0.5) is 0 Å². The zero-order valence-corrected chi connectivity index (χ0v) is 20.8. The van der Waals surface area contributed by atoms with Gasteiger partial charge in [0.25, 0.3) is 0 Å². The number of carbonyl (C=O) groups is 5. The fourth-order valence-electron chi connectivity index (χ4n) is 3.42. The molecule has 12 heteroatoms. The quantitative estimate of drug-likeness (QED) is 0.152. The summed E-state index contributed by atoms with van der Waals surface area (Å²) in [6, 6.07) is 3.86. The van der Waals surface area contributed by atoms with E-state index in [2.05, 4.69) is 16.0 Å². The fourth-order valence-corrected chi connectivity index (χ4v) is 3.42. The molecule has 0 aliphatic carbocycles. The molecule has 0 aliphatic heterocycles. The Labute approximate surface area is 210 Å². The highest BCUT2D eigenvalue weighted by Crippen LogP contribution is 2.08. The second-order valence-electron chi connectivity index (χ2n) is 9.12. The van der Waals surface area contributed by atoms with E-state index in [1.165, 1.54) is 6.92 Å². The molecule has 36 heavy (non-hydrogen) atoms. The molecule has 0 saturated heterocycles. The highest BCUT2D eigenvalue weighted by molar-refractivity contribution is 5.94. The first kappa shape index (κ1) is 30.5. The van der Waals surface area contributed by atoms with Crippen LogP contribution in [0.1, 0.15) is 45.6 Å². The van der Waals surface area contributed by atoms with Gasteiger partial charge in [-0.15, -0.1) is 0 Å². The Kier molecular flexibility index (Phi) is 12.5. The molecule has 12 nitrogen and oxygen atoms in total. The monoisotopic (exact) mass is 507 g/mol. The number of aliphatic hydroxyl groups excluding tert-OH is 1. The van der Waals surface area contributed by atoms with E-state index >= 15 is 0 Å². The number of carboxylic acid groups (broad SMARTS) is 1. The number of benzene rings is 1. The molecular formula is C24H37N5O7. The average molecular weight is 508 g/mol. The molecule has 0 saturated carbocycles. The summed E-state index contributed by atoms with van der Waals surface area (Å²) in [5.74, 6) is -4.30. The topological polar surface area (TPSA) is 214 Å². The number of carbonyl (C=O) groups excluding carboxylic acids is 4. The zero-order valence-electron chi connectivity index (χ0n) is 20.8. The first-order valence-electron chi connectivity index (χ1n) is 11.7. The maximum atomic E-state index is 13.1. The van der Waals surface area contributed by atoms with Gasteiger partial charge in [-0.25, -0.2) is 4.79 Å². The van der Waals surface area contributed by atoms with Crippen molar-refractivity contribution in [1.82, 2.24) is 16.0 Å². The summed E-state index contributed by atoms with van der Waals surface area (Å²) in [5, 5.41) is 26.7. The number of aliphatic hydroxyl groups is 1. The van der Waals surface area contributed by atoms with Crippen molar-refractivity contribution in [2.45, 2.75) is 76.7 Å². The van der Waals surface area contributed by atoms with Crippen LogP contribution in [-0.4, -0.2) is 70.1 Å². The van der Waals surface area contributed by atoms with Crippen LogP contribution in [0, 0.1) is 5.92 Å². The van der Waals surface area contributed by atoms with Crippen LogP contribution in [0.5, 0.6) is 0 Å². The third-order valence-electron chi connectivity index (χ3n) is 5.33. The number of nitrogens with two attached hydrogens (primary N) is 2. The molecule has 0 radical (unpaired) electrons. The van der Waals surface area contributed by atoms with Gasteiger partial charge in [-0.1, -0.05) is 44.2 Å². The molecule has 0 fully saturated rings. The number of primary amides is 1. The van der Waals surface area contributed by atoms with Gasteiger partial charge in [-0.2, -0.15) is 0 Å². The van der Waals surface area contributed by atoms with Crippen molar-refractivity contribution in [3.05, 3.63) is 35.9 Å². The van der Waals surface area contributed by atoms with Crippen LogP contribution in [0.15, 0.2) is 30.3 Å². The van der Waals surface area contributed by atoms with Crippen molar-refractivity contribution < 1.29 is 34.2 Å². The predicted octanol–water partition coefficient (Wildman–Crippen LogP) is -1.21. The van der Waals surface area contributed by atoms with Crippen LogP contribution >= 0.6 is 0 Å². The van der Waals surface area contributed by atoms with Crippen LogP contribution in [0.3, 0.4) is 0 Å². The van der Waals surface area contributed by atoms with Crippen molar-refractivity contribution in [3.8, 4) is 0 Å². The molecular weight excluding hydrogens is 470 g/mol.